The summed E-state index contributed by atoms with van der Waals surface area (Å²) in [5.74, 6) is -3.30. The number of thiazole rings is 1. The molecule has 5 aromatic rings. The average Bonchev–Trinajstić information content (AvgIpc) is 4.28. The van der Waals surface area contributed by atoms with Gasteiger partial charge < -0.3 is 45.5 Å². The number of ether oxygens (including phenoxy) is 3. The highest BCUT2D eigenvalue weighted by Gasteiger charge is 2.76. The molecule has 3 heterocycles. The summed E-state index contributed by atoms with van der Waals surface area (Å²) >= 11 is 1.27. The third kappa shape index (κ3) is 11.3. The minimum Gasteiger partial charge on any atom is -0.481 e. The van der Waals surface area contributed by atoms with Crippen LogP contribution in [0.3, 0.4) is 0 Å². The quantitative estimate of drug-likeness (QED) is 0.0573. The Morgan fingerprint density at radius 1 is 0.912 bits per heavy atom. The van der Waals surface area contributed by atoms with Gasteiger partial charge >= 0.3 is 12.1 Å². The Morgan fingerprint density at radius 3 is 2.36 bits per heavy atom. The number of benzene rings is 3. The molecule has 22 nitrogen and oxygen atoms in total. The van der Waals surface area contributed by atoms with Crippen molar-refractivity contribution in [1.82, 2.24) is 36.0 Å². The van der Waals surface area contributed by atoms with E-state index in [-0.39, 0.29) is 49.4 Å². The number of carboxylic acid groups (broad SMARTS) is 1. The number of ketones is 2. The van der Waals surface area contributed by atoms with E-state index in [1.807, 2.05) is 37.3 Å². The van der Waals surface area contributed by atoms with Crippen LogP contribution in [0.4, 0.5) is 15.6 Å². The fraction of sp³-hybridized carbons (Fsp3) is 0.404. The van der Waals surface area contributed by atoms with Crippen molar-refractivity contribution in [3.8, 4) is 11.4 Å². The minimum absolute atomic E-state index is 0.0228. The summed E-state index contributed by atoms with van der Waals surface area (Å²) in [4.78, 5) is 94.4. The lowest BCUT2D eigenvalue weighted by Gasteiger charge is -2.59. The highest BCUT2D eigenvalue weighted by Crippen LogP contribution is 2.70. The third-order valence-corrected chi connectivity index (χ3v) is 17.4. The maximum Gasteiger partial charge on any atom is 0.413 e. The van der Waals surface area contributed by atoms with Gasteiger partial charge in [0.25, 0.3) is 0 Å². The number of aromatic nitrogens is 5. The standard InChI is InChI=1S/C57H59N9O13S/c1-55-20-19-38(68)23-36(55)13-16-40-41-24-45-57(44(70)28-67,56(41,2)25-43(69)49(40)55)79-52(78-45)35-11-5-31(6-12-35)21-39-26-59-53(80-39)64-54(76)77-29-33-7-14-37(15-8-33)62-51(75)42(17-18-48(73)74)63-47(72)27-58-46(71)22-32-3-9-34(10-4-32)50-65-60-30-61-66-50/h3-12,14-15,19-20,23,26,30,40-43,45,49,52,67,69H,13,16-18,21-22,24-25,27-29H2,1-2H3,(H,58,71)(H,62,75)(H,63,72)(H,73,74)(H,59,64,76)/t40-,41-,42-,43-,45+,49+,52+,55-,56-,57+/m0/s1. The van der Waals surface area contributed by atoms with Crippen molar-refractivity contribution in [2.45, 2.75) is 102 Å². The van der Waals surface area contributed by atoms with Crippen LogP contribution in [0.2, 0.25) is 0 Å². The molecule has 7 N–H and O–H groups in total. The van der Waals surface area contributed by atoms with Crippen LogP contribution in [0, 0.1) is 28.6 Å². The zero-order valence-electron chi connectivity index (χ0n) is 43.7. The van der Waals surface area contributed by atoms with E-state index in [2.05, 4.69) is 53.6 Å². The maximum atomic E-state index is 14.0. The number of fused-ring (bicyclic) bond motifs is 7. The Bertz CT molecular complexity index is 3250. The summed E-state index contributed by atoms with van der Waals surface area (Å²) in [5, 5.41) is 57.5. The van der Waals surface area contributed by atoms with Crippen molar-refractivity contribution in [2.24, 2.45) is 28.6 Å². The van der Waals surface area contributed by atoms with Gasteiger partial charge in [0.15, 0.2) is 34.9 Å². The number of amides is 4. The minimum atomic E-state index is -1.46. The molecule has 3 aromatic carbocycles. The maximum absolute atomic E-state index is 14.0. The van der Waals surface area contributed by atoms with E-state index in [4.69, 9.17) is 14.2 Å². The first-order valence-corrected chi connectivity index (χ1v) is 27.1. The van der Waals surface area contributed by atoms with Gasteiger partial charge in [0, 0.05) is 57.5 Å². The molecule has 1 saturated heterocycles. The molecule has 2 aromatic heterocycles. The van der Waals surface area contributed by atoms with Crippen molar-refractivity contribution in [3.05, 3.63) is 136 Å². The van der Waals surface area contributed by atoms with Crippen molar-refractivity contribution in [3.63, 3.8) is 0 Å². The molecule has 10 rings (SSSR count). The number of carbonyl (C=O) groups is 7. The second-order valence-electron chi connectivity index (χ2n) is 21.3. The van der Waals surface area contributed by atoms with Gasteiger partial charge in [-0.3, -0.25) is 34.1 Å². The van der Waals surface area contributed by atoms with E-state index in [1.54, 1.807) is 66.9 Å². The molecule has 5 aliphatic rings. The molecule has 23 heteroatoms. The van der Waals surface area contributed by atoms with Crippen molar-refractivity contribution in [1.29, 1.82) is 0 Å². The molecule has 416 valence electrons. The van der Waals surface area contributed by atoms with Crippen LogP contribution in [0.5, 0.6) is 0 Å². The molecule has 0 unspecified atom stereocenters. The summed E-state index contributed by atoms with van der Waals surface area (Å²) in [6, 6.07) is 19.5. The number of aliphatic carboxylic acids is 1. The Hall–Kier alpha value is -7.96. The first-order chi connectivity index (χ1) is 38.4. The first-order valence-electron chi connectivity index (χ1n) is 26.3. The van der Waals surface area contributed by atoms with Gasteiger partial charge in [0.05, 0.1) is 25.2 Å². The zero-order valence-corrected chi connectivity index (χ0v) is 44.5. The van der Waals surface area contributed by atoms with Crippen molar-refractivity contribution < 1.29 is 63.1 Å². The van der Waals surface area contributed by atoms with E-state index in [0.29, 0.717) is 51.7 Å². The summed E-state index contributed by atoms with van der Waals surface area (Å²) < 4.78 is 18.8. The second-order valence-corrected chi connectivity index (χ2v) is 22.5. The van der Waals surface area contributed by atoms with Crippen LogP contribution in [0.25, 0.3) is 11.4 Å². The highest BCUT2D eigenvalue weighted by molar-refractivity contribution is 7.15. The van der Waals surface area contributed by atoms with Crippen LogP contribution in [0.1, 0.15) is 85.8 Å². The Labute approximate surface area is 462 Å². The number of aliphatic hydroxyl groups excluding tert-OH is 2. The molecule has 4 fully saturated rings. The monoisotopic (exact) mass is 1110 g/mol. The Balaban J connectivity index is 0.675. The van der Waals surface area contributed by atoms with Gasteiger partial charge in [-0.05, 0) is 84.9 Å². The highest BCUT2D eigenvalue weighted by atomic mass is 32.1. The molecular formula is C57H59N9O13S. The number of hydrogen-bond acceptors (Lipinski definition) is 18. The number of anilines is 2. The van der Waals surface area contributed by atoms with Gasteiger partial charge in [-0.15, -0.1) is 31.7 Å². The number of carboxylic acids is 1. The average molecular weight is 1110 g/mol. The van der Waals surface area contributed by atoms with Gasteiger partial charge in [-0.1, -0.05) is 86.2 Å². The first kappa shape index (κ1) is 55.4. The topological polar surface area (TPSA) is 320 Å². The molecule has 0 spiro atoms. The van der Waals surface area contributed by atoms with E-state index in [1.165, 1.54) is 17.7 Å². The number of carbonyl (C=O) groups excluding carboxylic acids is 6. The van der Waals surface area contributed by atoms with Crippen LogP contribution in [0.15, 0.2) is 109 Å². The molecule has 80 heavy (non-hydrogen) atoms. The van der Waals surface area contributed by atoms with Crippen molar-refractivity contribution in [2.75, 3.05) is 23.8 Å². The van der Waals surface area contributed by atoms with Crippen LogP contribution >= 0.6 is 11.3 Å². The van der Waals surface area contributed by atoms with E-state index in [9.17, 15) is 48.9 Å². The number of Topliss-reactive ketones (excluding diaryl/α,β-unsaturated/α-hetero) is 1. The lowest BCUT2D eigenvalue weighted by atomic mass is 9.46. The molecule has 0 bridgehead atoms. The summed E-state index contributed by atoms with van der Waals surface area (Å²) in [7, 11) is 0. The molecule has 4 amide bonds. The molecule has 3 saturated carbocycles. The summed E-state index contributed by atoms with van der Waals surface area (Å²) in [6.45, 7) is 2.80. The number of nitrogens with one attached hydrogen (secondary N) is 4. The molecule has 0 radical (unpaired) electrons. The van der Waals surface area contributed by atoms with Gasteiger partial charge in [0.1, 0.15) is 19.3 Å². The molecular weight excluding hydrogens is 1050 g/mol. The van der Waals surface area contributed by atoms with Gasteiger partial charge in [-0.25, -0.2) is 9.78 Å². The van der Waals surface area contributed by atoms with Gasteiger partial charge in [0.2, 0.25) is 23.5 Å². The SMILES string of the molecule is C[C@]12C=CC(=O)C=C1CC[C@@H]1[C@@H]2[C@@H](O)C[C@@]2(C)[C@H]1C[C@H]1O[C@@H](c3ccc(Cc4cnc(NC(=O)OCc5ccc(NC(=O)[C@H](CCC(=O)O)NC(=O)CNC(=O)Cc6ccc(-c7nncnn7)cc6)cc5)s4)cc3)O[C@]12C(=O)CO. The zero-order chi connectivity index (χ0) is 56.3. The van der Waals surface area contributed by atoms with Crippen LogP contribution < -0.4 is 21.3 Å². The number of nitrogens with zero attached hydrogens (tertiary/aromatic N) is 5. The predicted molar refractivity (Wildman–Crippen MR) is 286 cm³/mol. The summed E-state index contributed by atoms with van der Waals surface area (Å²) in [5.41, 5.74) is 2.13. The van der Waals surface area contributed by atoms with Crippen LogP contribution in [-0.4, -0.2) is 119 Å². The Morgan fingerprint density at radius 2 is 1.64 bits per heavy atom. The van der Waals surface area contributed by atoms with E-state index >= 15 is 0 Å². The Kier molecular flexibility index (Phi) is 15.9. The number of rotatable bonds is 19. The van der Waals surface area contributed by atoms with Gasteiger partial charge in [-0.2, -0.15) is 0 Å². The summed E-state index contributed by atoms with van der Waals surface area (Å²) in [6.07, 6.45) is 7.20. The number of allylic oxidation sites excluding steroid dienone is 4. The van der Waals surface area contributed by atoms with Crippen molar-refractivity contribution >= 4 is 63.5 Å². The molecule has 4 aliphatic carbocycles. The predicted octanol–water partition coefficient (Wildman–Crippen LogP) is 4.98. The lowest BCUT2D eigenvalue weighted by Crippen LogP contribution is -2.63. The second kappa shape index (κ2) is 23.0. The smallest absolute Gasteiger partial charge is 0.413 e. The van der Waals surface area contributed by atoms with E-state index < -0.39 is 96.1 Å². The number of hydrogen-bond donors (Lipinski definition) is 7. The lowest BCUT2D eigenvalue weighted by molar-refractivity contribution is -0.201. The largest absolute Gasteiger partial charge is 0.481 e. The normalized spacial score (nSPS) is 26.6. The van der Waals surface area contributed by atoms with Crippen LogP contribution in [-0.2, 0) is 62.4 Å². The number of aliphatic hydroxyl groups is 2. The molecule has 1 aliphatic heterocycles. The fourth-order valence-corrected chi connectivity index (χ4v) is 13.6. The molecule has 10 atom stereocenters. The third-order valence-electron chi connectivity index (χ3n) is 16.5. The van der Waals surface area contributed by atoms with E-state index in [0.717, 1.165) is 28.9 Å². The fourth-order valence-electron chi connectivity index (χ4n) is 12.8.